The molecule has 0 spiro atoms. The van der Waals surface area contributed by atoms with Gasteiger partial charge in [0, 0.05) is 0 Å². The van der Waals surface area contributed by atoms with Gasteiger partial charge in [0.2, 0.25) is 0 Å². The molecule has 0 aromatic carbocycles. The lowest BCUT2D eigenvalue weighted by Gasteiger charge is -2.09. The molecule has 1 unspecified atom stereocenters. The van der Waals surface area contributed by atoms with Crippen LogP contribution in [0.25, 0.3) is 0 Å². The molecular weight excluding hydrogens is 144 g/mol. The van der Waals surface area contributed by atoms with Crippen molar-refractivity contribution in [3.05, 3.63) is 12.7 Å². The van der Waals surface area contributed by atoms with Crippen LogP contribution >= 0.6 is 0 Å². The van der Waals surface area contributed by atoms with E-state index >= 15 is 0 Å². The average molecular weight is 158 g/mol. The quantitative estimate of drug-likeness (QED) is 0.595. The number of rotatable bonds is 6. The number of ether oxygens (including phenoxy) is 1. The van der Waals surface area contributed by atoms with Crippen molar-refractivity contribution in [1.29, 1.82) is 0 Å². The normalized spacial score (nSPS) is 12.5. The molecule has 0 aromatic heterocycles. The largest absolute Gasteiger partial charge is 0.479 e. The molecule has 1 atom stereocenters. The fourth-order valence-electron chi connectivity index (χ4n) is 0.724. The van der Waals surface area contributed by atoms with E-state index in [1.54, 1.807) is 6.08 Å². The number of carboxylic acids is 1. The van der Waals surface area contributed by atoms with Crippen LogP contribution in [-0.4, -0.2) is 23.8 Å². The predicted octanol–water partition coefficient (Wildman–Crippen LogP) is 1.44. The van der Waals surface area contributed by atoms with Crippen LogP contribution in [0.15, 0.2) is 12.7 Å². The Morgan fingerprint density at radius 2 is 2.45 bits per heavy atom. The molecule has 0 aliphatic rings. The zero-order valence-electron chi connectivity index (χ0n) is 6.75. The summed E-state index contributed by atoms with van der Waals surface area (Å²) in [5.74, 6) is -0.895. The van der Waals surface area contributed by atoms with Crippen molar-refractivity contribution < 1.29 is 14.6 Å². The summed E-state index contributed by atoms with van der Waals surface area (Å²) in [6.07, 6.45) is 2.25. The lowest BCUT2D eigenvalue weighted by atomic mass is 10.2. The molecular formula is C8H14O3. The summed E-state index contributed by atoms with van der Waals surface area (Å²) in [5, 5.41) is 8.57. The first-order valence-electron chi connectivity index (χ1n) is 3.67. The van der Waals surface area contributed by atoms with E-state index in [0.717, 1.165) is 6.42 Å². The van der Waals surface area contributed by atoms with Gasteiger partial charge in [0.05, 0.1) is 6.61 Å². The van der Waals surface area contributed by atoms with Crippen molar-refractivity contribution in [3.8, 4) is 0 Å². The molecule has 0 radical (unpaired) electrons. The summed E-state index contributed by atoms with van der Waals surface area (Å²) in [5.41, 5.74) is 0. The molecule has 11 heavy (non-hydrogen) atoms. The van der Waals surface area contributed by atoms with Gasteiger partial charge in [-0.25, -0.2) is 4.79 Å². The Morgan fingerprint density at radius 1 is 1.82 bits per heavy atom. The van der Waals surface area contributed by atoms with Gasteiger partial charge in [-0.05, 0) is 6.42 Å². The molecule has 0 aliphatic carbocycles. The van der Waals surface area contributed by atoms with E-state index in [0.29, 0.717) is 13.0 Å². The molecule has 0 saturated heterocycles. The maximum Gasteiger partial charge on any atom is 0.332 e. The first-order chi connectivity index (χ1) is 5.22. The second-order valence-electron chi connectivity index (χ2n) is 2.24. The van der Waals surface area contributed by atoms with Crippen molar-refractivity contribution in [3.63, 3.8) is 0 Å². The van der Waals surface area contributed by atoms with Gasteiger partial charge in [-0.3, -0.25) is 0 Å². The lowest BCUT2D eigenvalue weighted by Crippen LogP contribution is -2.23. The predicted molar refractivity (Wildman–Crippen MR) is 42.5 cm³/mol. The molecule has 0 bridgehead atoms. The van der Waals surface area contributed by atoms with Crippen LogP contribution in [-0.2, 0) is 9.53 Å². The van der Waals surface area contributed by atoms with E-state index in [4.69, 9.17) is 9.84 Å². The summed E-state index contributed by atoms with van der Waals surface area (Å²) in [7, 11) is 0. The van der Waals surface area contributed by atoms with E-state index in [1.165, 1.54) is 0 Å². The van der Waals surface area contributed by atoms with Crippen LogP contribution in [0, 0.1) is 0 Å². The highest BCUT2D eigenvalue weighted by Crippen LogP contribution is 2.01. The summed E-state index contributed by atoms with van der Waals surface area (Å²) >= 11 is 0. The molecule has 1 N–H and O–H groups in total. The summed E-state index contributed by atoms with van der Waals surface area (Å²) in [6.45, 7) is 5.66. The number of carbonyl (C=O) groups is 1. The Morgan fingerprint density at radius 3 is 2.82 bits per heavy atom. The summed E-state index contributed by atoms with van der Waals surface area (Å²) < 4.78 is 4.98. The fraction of sp³-hybridized carbons (Fsp3) is 0.625. The highest BCUT2D eigenvalue weighted by atomic mass is 16.5. The van der Waals surface area contributed by atoms with Crippen molar-refractivity contribution in [1.82, 2.24) is 0 Å². The minimum atomic E-state index is -0.895. The lowest BCUT2D eigenvalue weighted by molar-refractivity contribution is -0.150. The van der Waals surface area contributed by atoms with Crippen LogP contribution in [0.5, 0.6) is 0 Å². The molecule has 3 heteroatoms. The van der Waals surface area contributed by atoms with Gasteiger partial charge in [-0.1, -0.05) is 19.4 Å². The first-order valence-corrected chi connectivity index (χ1v) is 3.67. The Balaban J connectivity index is 3.68. The minimum Gasteiger partial charge on any atom is -0.479 e. The van der Waals surface area contributed by atoms with Crippen molar-refractivity contribution in [2.75, 3.05) is 6.61 Å². The second-order valence-corrected chi connectivity index (χ2v) is 2.24. The number of hydrogen-bond acceptors (Lipinski definition) is 2. The second kappa shape index (κ2) is 5.92. The van der Waals surface area contributed by atoms with Crippen molar-refractivity contribution >= 4 is 5.97 Å². The SMILES string of the molecule is C=CCOC(CCC)C(=O)O. The Hall–Kier alpha value is -0.830. The average Bonchev–Trinajstić information content (AvgIpc) is 1.97. The van der Waals surface area contributed by atoms with E-state index in [1.807, 2.05) is 6.92 Å². The molecule has 64 valence electrons. The van der Waals surface area contributed by atoms with Crippen LogP contribution in [0.4, 0.5) is 0 Å². The van der Waals surface area contributed by atoms with E-state index in [-0.39, 0.29) is 0 Å². The smallest absolute Gasteiger partial charge is 0.332 e. The third-order valence-electron chi connectivity index (χ3n) is 1.24. The third kappa shape index (κ3) is 4.56. The van der Waals surface area contributed by atoms with Crippen LogP contribution < -0.4 is 0 Å². The maximum atomic E-state index is 10.4. The molecule has 0 aromatic rings. The van der Waals surface area contributed by atoms with Crippen LogP contribution in [0.3, 0.4) is 0 Å². The van der Waals surface area contributed by atoms with E-state index < -0.39 is 12.1 Å². The number of aliphatic carboxylic acids is 1. The minimum absolute atomic E-state index is 0.303. The molecule has 0 heterocycles. The van der Waals surface area contributed by atoms with Crippen LogP contribution in [0.1, 0.15) is 19.8 Å². The number of carboxylic acid groups (broad SMARTS) is 1. The topological polar surface area (TPSA) is 46.5 Å². The summed E-state index contributed by atoms with van der Waals surface area (Å²) in [6, 6.07) is 0. The van der Waals surface area contributed by atoms with Crippen LogP contribution in [0.2, 0.25) is 0 Å². The highest BCUT2D eigenvalue weighted by molar-refractivity contribution is 5.72. The maximum absolute atomic E-state index is 10.4. The zero-order valence-corrected chi connectivity index (χ0v) is 6.75. The van der Waals surface area contributed by atoms with Crippen molar-refractivity contribution in [2.45, 2.75) is 25.9 Å². The molecule has 0 amide bonds. The van der Waals surface area contributed by atoms with Gasteiger partial charge in [0.15, 0.2) is 6.10 Å². The van der Waals surface area contributed by atoms with Crippen molar-refractivity contribution in [2.24, 2.45) is 0 Å². The van der Waals surface area contributed by atoms with Gasteiger partial charge in [0.25, 0.3) is 0 Å². The Kier molecular flexibility index (Phi) is 5.47. The highest BCUT2D eigenvalue weighted by Gasteiger charge is 2.15. The molecule has 0 rings (SSSR count). The van der Waals surface area contributed by atoms with Gasteiger partial charge in [-0.2, -0.15) is 0 Å². The van der Waals surface area contributed by atoms with E-state index in [9.17, 15) is 4.79 Å². The number of hydrogen-bond donors (Lipinski definition) is 1. The molecule has 3 nitrogen and oxygen atoms in total. The van der Waals surface area contributed by atoms with Gasteiger partial charge in [-0.15, -0.1) is 6.58 Å². The first kappa shape index (κ1) is 10.2. The Bertz CT molecular complexity index is 131. The molecule has 0 aliphatic heterocycles. The van der Waals surface area contributed by atoms with Gasteiger partial charge < -0.3 is 9.84 Å². The molecule has 0 saturated carbocycles. The zero-order chi connectivity index (χ0) is 8.69. The van der Waals surface area contributed by atoms with Gasteiger partial charge in [0.1, 0.15) is 0 Å². The van der Waals surface area contributed by atoms with Gasteiger partial charge >= 0.3 is 5.97 Å². The monoisotopic (exact) mass is 158 g/mol. The van der Waals surface area contributed by atoms with E-state index in [2.05, 4.69) is 6.58 Å². The Labute approximate surface area is 66.7 Å². The molecule has 0 fully saturated rings. The fourth-order valence-corrected chi connectivity index (χ4v) is 0.724. The summed E-state index contributed by atoms with van der Waals surface area (Å²) in [4.78, 5) is 10.4. The standard InChI is InChI=1S/C8H14O3/c1-3-5-7(8(9)10)11-6-4-2/h4,7H,2-3,5-6H2,1H3,(H,9,10). The third-order valence-corrected chi connectivity index (χ3v) is 1.24.